The van der Waals surface area contributed by atoms with E-state index in [4.69, 9.17) is 4.42 Å². The fraction of sp³-hybridized carbons (Fsp3) is 0.105. The Balaban J connectivity index is 1.53. The van der Waals surface area contributed by atoms with Crippen molar-refractivity contribution in [2.24, 2.45) is 5.10 Å². The Morgan fingerprint density at radius 2 is 1.96 bits per heavy atom. The van der Waals surface area contributed by atoms with Crippen LogP contribution in [0.4, 0.5) is 0 Å². The maximum absolute atomic E-state index is 12.2. The van der Waals surface area contributed by atoms with Gasteiger partial charge in [-0.2, -0.15) is 5.10 Å². The molecule has 0 aliphatic heterocycles. The van der Waals surface area contributed by atoms with E-state index in [0.717, 1.165) is 10.9 Å². The predicted octanol–water partition coefficient (Wildman–Crippen LogP) is 2.08. The number of benzene rings is 2. The summed E-state index contributed by atoms with van der Waals surface area (Å²) in [5, 5.41) is 12.8. The van der Waals surface area contributed by atoms with Crippen molar-refractivity contribution in [3.63, 3.8) is 0 Å². The van der Waals surface area contributed by atoms with Crippen molar-refractivity contribution in [3.8, 4) is 0 Å². The molecule has 0 bridgehead atoms. The molecule has 27 heavy (non-hydrogen) atoms. The highest BCUT2D eigenvalue weighted by Crippen LogP contribution is 2.13. The second-order valence-corrected chi connectivity index (χ2v) is 5.95. The molecule has 0 atom stereocenters. The number of carbonyl (C=O) groups excluding carboxylic acids is 1. The number of hydrogen-bond acceptors (Lipinski definition) is 6. The van der Waals surface area contributed by atoms with Gasteiger partial charge in [0, 0.05) is 5.39 Å². The van der Waals surface area contributed by atoms with Crippen molar-refractivity contribution in [1.29, 1.82) is 0 Å². The van der Waals surface area contributed by atoms with Gasteiger partial charge in [-0.05, 0) is 31.2 Å². The Morgan fingerprint density at radius 1 is 1.19 bits per heavy atom. The molecule has 8 nitrogen and oxygen atoms in total. The van der Waals surface area contributed by atoms with Crippen LogP contribution in [0.5, 0.6) is 0 Å². The first kappa shape index (κ1) is 16.6. The zero-order valence-corrected chi connectivity index (χ0v) is 14.4. The fourth-order valence-electron chi connectivity index (χ4n) is 2.73. The molecule has 0 unspecified atom stereocenters. The van der Waals surface area contributed by atoms with Gasteiger partial charge in [0.25, 0.3) is 5.91 Å². The Kier molecular flexibility index (Phi) is 4.21. The number of carbonyl (C=O) groups is 1. The second-order valence-electron chi connectivity index (χ2n) is 5.95. The maximum Gasteiger partial charge on any atom is 0.345 e. The summed E-state index contributed by atoms with van der Waals surface area (Å²) in [6.07, 6.45) is 0. The van der Waals surface area contributed by atoms with E-state index in [9.17, 15) is 9.59 Å². The van der Waals surface area contributed by atoms with Crippen LogP contribution in [0.15, 0.2) is 68.9 Å². The molecule has 0 radical (unpaired) electrons. The van der Waals surface area contributed by atoms with Crippen molar-refractivity contribution >= 4 is 33.6 Å². The highest BCUT2D eigenvalue weighted by Gasteiger charge is 2.10. The molecule has 0 saturated carbocycles. The minimum absolute atomic E-state index is 0.0381. The number of nitrogens with one attached hydrogen (secondary N) is 1. The first-order valence-corrected chi connectivity index (χ1v) is 8.26. The third kappa shape index (κ3) is 3.32. The lowest BCUT2D eigenvalue weighted by Crippen LogP contribution is -2.25. The molecule has 0 fully saturated rings. The van der Waals surface area contributed by atoms with Gasteiger partial charge in [0.05, 0.1) is 16.8 Å². The lowest BCUT2D eigenvalue weighted by molar-refractivity contribution is -0.121. The molecule has 2 aromatic heterocycles. The van der Waals surface area contributed by atoms with Gasteiger partial charge < -0.3 is 4.42 Å². The quantitative estimate of drug-likeness (QED) is 0.341. The monoisotopic (exact) mass is 361 g/mol. The van der Waals surface area contributed by atoms with E-state index in [1.807, 2.05) is 36.4 Å². The second kappa shape index (κ2) is 6.83. The Hall–Kier alpha value is -3.81. The van der Waals surface area contributed by atoms with Crippen LogP contribution in [0.3, 0.4) is 0 Å². The van der Waals surface area contributed by atoms with Crippen LogP contribution >= 0.6 is 0 Å². The van der Waals surface area contributed by atoms with Gasteiger partial charge in [0.2, 0.25) is 0 Å². The third-order valence-electron chi connectivity index (χ3n) is 4.09. The minimum atomic E-state index is -0.508. The number of hydrazone groups is 1. The van der Waals surface area contributed by atoms with E-state index in [1.165, 1.54) is 4.68 Å². The van der Waals surface area contributed by atoms with Crippen molar-refractivity contribution in [2.75, 3.05) is 0 Å². The van der Waals surface area contributed by atoms with Crippen LogP contribution < -0.4 is 11.1 Å². The van der Waals surface area contributed by atoms with E-state index in [1.54, 1.807) is 25.1 Å². The normalized spacial score (nSPS) is 11.8. The van der Waals surface area contributed by atoms with Crippen LogP contribution in [0, 0.1) is 0 Å². The Bertz CT molecular complexity index is 1240. The lowest BCUT2D eigenvalue weighted by atomic mass is 10.1. The summed E-state index contributed by atoms with van der Waals surface area (Å²) < 4.78 is 6.77. The zero-order valence-electron chi connectivity index (χ0n) is 14.4. The molecule has 1 amide bonds. The SMILES string of the molecule is C/C(=N/NC(=O)Cn1nnc2ccccc21)c1cc2ccccc2oc1=O. The Morgan fingerprint density at radius 3 is 2.85 bits per heavy atom. The Labute approximate surface area is 153 Å². The molecule has 4 rings (SSSR count). The van der Waals surface area contributed by atoms with Gasteiger partial charge in [-0.3, -0.25) is 4.79 Å². The highest BCUT2D eigenvalue weighted by molar-refractivity contribution is 6.00. The van der Waals surface area contributed by atoms with Crippen molar-refractivity contribution in [1.82, 2.24) is 20.4 Å². The maximum atomic E-state index is 12.2. The predicted molar refractivity (Wildman–Crippen MR) is 100 cm³/mol. The molecule has 134 valence electrons. The number of aromatic nitrogens is 3. The topological polar surface area (TPSA) is 102 Å². The van der Waals surface area contributed by atoms with Gasteiger partial charge >= 0.3 is 5.63 Å². The molecule has 0 aliphatic rings. The average molecular weight is 361 g/mol. The molecular weight excluding hydrogens is 346 g/mol. The average Bonchev–Trinajstić information content (AvgIpc) is 3.08. The fourth-order valence-corrected chi connectivity index (χ4v) is 2.73. The van der Waals surface area contributed by atoms with E-state index < -0.39 is 5.63 Å². The number of rotatable bonds is 4. The standard InChI is InChI=1S/C19H15N5O3/c1-12(14-10-13-6-2-5-9-17(13)27-19(14)26)20-22-18(25)11-24-16-8-4-3-7-15(16)21-23-24/h2-10H,11H2,1H3,(H,22,25)/b20-12-. The summed E-state index contributed by atoms with van der Waals surface area (Å²) in [7, 11) is 0. The van der Waals surface area contributed by atoms with E-state index >= 15 is 0 Å². The zero-order chi connectivity index (χ0) is 18.8. The summed E-state index contributed by atoms with van der Waals surface area (Å²) in [6, 6.07) is 16.2. The summed E-state index contributed by atoms with van der Waals surface area (Å²) in [4.78, 5) is 24.3. The van der Waals surface area contributed by atoms with Crippen LogP contribution in [0.1, 0.15) is 12.5 Å². The van der Waals surface area contributed by atoms with Gasteiger partial charge in [0.15, 0.2) is 0 Å². The van der Waals surface area contributed by atoms with Crippen LogP contribution in [0.2, 0.25) is 0 Å². The van der Waals surface area contributed by atoms with E-state index in [0.29, 0.717) is 22.4 Å². The number of amides is 1. The summed E-state index contributed by atoms with van der Waals surface area (Å²) in [5.74, 6) is -0.379. The number of hydrogen-bond donors (Lipinski definition) is 1. The molecular formula is C19H15N5O3. The summed E-state index contributed by atoms with van der Waals surface area (Å²) in [6.45, 7) is 1.59. The third-order valence-corrected chi connectivity index (χ3v) is 4.09. The molecule has 1 N–H and O–H groups in total. The van der Waals surface area contributed by atoms with E-state index in [2.05, 4.69) is 20.8 Å². The number of fused-ring (bicyclic) bond motifs is 2. The molecule has 4 aromatic rings. The van der Waals surface area contributed by atoms with Gasteiger partial charge in [0.1, 0.15) is 17.6 Å². The van der Waals surface area contributed by atoms with Crippen molar-refractivity contribution in [2.45, 2.75) is 13.5 Å². The summed E-state index contributed by atoms with van der Waals surface area (Å²) >= 11 is 0. The van der Waals surface area contributed by atoms with Crippen molar-refractivity contribution < 1.29 is 9.21 Å². The number of nitrogens with zero attached hydrogens (tertiary/aromatic N) is 4. The van der Waals surface area contributed by atoms with Crippen molar-refractivity contribution in [3.05, 3.63) is 70.6 Å². The molecule has 0 saturated heterocycles. The minimum Gasteiger partial charge on any atom is -0.422 e. The van der Waals surface area contributed by atoms with Gasteiger partial charge in [-0.25, -0.2) is 14.9 Å². The smallest absolute Gasteiger partial charge is 0.345 e. The molecule has 0 spiro atoms. The van der Waals surface area contributed by atoms with Gasteiger partial charge in [-0.15, -0.1) is 5.10 Å². The van der Waals surface area contributed by atoms with Crippen LogP contribution in [-0.2, 0) is 11.3 Å². The molecule has 2 heterocycles. The highest BCUT2D eigenvalue weighted by atomic mass is 16.4. The largest absolute Gasteiger partial charge is 0.422 e. The number of para-hydroxylation sites is 2. The first-order valence-electron chi connectivity index (χ1n) is 8.26. The van der Waals surface area contributed by atoms with E-state index in [-0.39, 0.29) is 12.5 Å². The van der Waals surface area contributed by atoms with Crippen LogP contribution in [0.25, 0.3) is 22.0 Å². The molecule has 0 aliphatic carbocycles. The molecule has 2 aromatic carbocycles. The van der Waals surface area contributed by atoms with Crippen LogP contribution in [-0.4, -0.2) is 26.6 Å². The summed E-state index contributed by atoms with van der Waals surface area (Å²) in [5.41, 5.74) is 4.54. The lowest BCUT2D eigenvalue weighted by Gasteiger charge is -2.04. The first-order chi connectivity index (χ1) is 13.1. The molecule has 8 heteroatoms. The van der Waals surface area contributed by atoms with Gasteiger partial charge in [-0.1, -0.05) is 35.5 Å².